The monoisotopic (exact) mass is 410 g/mol. The van der Waals surface area contributed by atoms with Gasteiger partial charge in [-0.05, 0) is 11.1 Å². The van der Waals surface area contributed by atoms with Gasteiger partial charge in [0.2, 0.25) is 5.78 Å². The van der Waals surface area contributed by atoms with Crippen LogP contribution in [-0.4, -0.2) is 39.5 Å². The largest absolute Gasteiger partial charge is 0.453 e. The summed E-state index contributed by atoms with van der Waals surface area (Å²) in [5.74, 6) is -1.05. The number of nitrogens with one attached hydrogen (secondary N) is 2. The summed E-state index contributed by atoms with van der Waals surface area (Å²) in [5.41, 5.74) is 3.24. The second kappa shape index (κ2) is 6.79. The van der Waals surface area contributed by atoms with Crippen LogP contribution >= 0.6 is 0 Å². The van der Waals surface area contributed by atoms with Gasteiger partial charge < -0.3 is 4.98 Å². The van der Waals surface area contributed by atoms with Gasteiger partial charge in [-0.15, -0.1) is 5.10 Å². The second-order valence-electron chi connectivity index (χ2n) is 6.57. The molecule has 0 saturated carbocycles. The number of benzene rings is 1. The summed E-state index contributed by atoms with van der Waals surface area (Å²) in [6, 6.07) is 9.86. The minimum Gasteiger partial charge on any atom is -0.343 e. The predicted molar refractivity (Wildman–Crippen MR) is 100 cm³/mol. The van der Waals surface area contributed by atoms with Gasteiger partial charge in [-0.1, -0.05) is 30.3 Å². The first-order valence-electron chi connectivity index (χ1n) is 8.88. The fourth-order valence-corrected chi connectivity index (χ4v) is 3.20. The van der Waals surface area contributed by atoms with Crippen LogP contribution in [0.4, 0.5) is 13.2 Å². The lowest BCUT2D eigenvalue weighted by Crippen LogP contribution is -2.07. The van der Waals surface area contributed by atoms with E-state index in [4.69, 9.17) is 0 Å². The summed E-state index contributed by atoms with van der Waals surface area (Å²) in [4.78, 5) is 19.3. The van der Waals surface area contributed by atoms with Crippen molar-refractivity contribution in [2.45, 2.75) is 12.6 Å². The number of halogens is 3. The zero-order chi connectivity index (χ0) is 20.7. The van der Waals surface area contributed by atoms with Crippen molar-refractivity contribution in [1.82, 2.24) is 39.5 Å². The molecular weight excluding hydrogens is 397 g/mol. The average Bonchev–Trinajstić information content (AvgIpc) is 3.46. The summed E-state index contributed by atoms with van der Waals surface area (Å²) in [5, 5.41) is 5.60. The van der Waals surface area contributed by atoms with E-state index in [1.165, 1.54) is 6.33 Å². The Labute approximate surface area is 166 Å². The van der Waals surface area contributed by atoms with E-state index in [-0.39, 0.29) is 11.5 Å². The molecular formula is C19H13F3N8. The molecule has 0 fully saturated rings. The number of fused-ring (bicyclic) bond motifs is 1. The van der Waals surface area contributed by atoms with Crippen LogP contribution in [0.3, 0.4) is 0 Å². The highest BCUT2D eigenvalue weighted by Gasteiger charge is 2.36. The smallest absolute Gasteiger partial charge is 0.343 e. The number of aromatic amines is 2. The van der Waals surface area contributed by atoms with Gasteiger partial charge in [0, 0.05) is 18.8 Å². The maximum Gasteiger partial charge on any atom is 0.453 e. The molecule has 4 aromatic heterocycles. The maximum absolute atomic E-state index is 13.0. The molecule has 5 aromatic rings. The second-order valence-corrected chi connectivity index (χ2v) is 6.57. The first kappa shape index (κ1) is 18.0. The normalized spacial score (nSPS) is 12.0. The Morgan fingerprint density at radius 2 is 1.83 bits per heavy atom. The predicted octanol–water partition coefficient (Wildman–Crippen LogP) is 3.51. The van der Waals surface area contributed by atoms with Crippen LogP contribution in [0.5, 0.6) is 0 Å². The topological polar surface area (TPSA) is 100 Å². The van der Waals surface area contributed by atoms with Gasteiger partial charge in [0.25, 0.3) is 5.82 Å². The number of imidazole rings is 2. The highest BCUT2D eigenvalue weighted by Crippen LogP contribution is 2.32. The van der Waals surface area contributed by atoms with Gasteiger partial charge in [0.05, 0.1) is 18.2 Å². The fraction of sp³-hybridized carbons (Fsp3) is 0.105. The van der Waals surface area contributed by atoms with Crippen LogP contribution in [0.25, 0.3) is 28.7 Å². The molecule has 0 atom stereocenters. The highest BCUT2D eigenvalue weighted by molar-refractivity contribution is 5.76. The molecule has 11 heteroatoms. The molecule has 0 amide bonds. The third-order valence-corrected chi connectivity index (χ3v) is 4.50. The number of rotatable bonds is 4. The molecule has 0 aliphatic heterocycles. The van der Waals surface area contributed by atoms with E-state index in [1.807, 2.05) is 36.5 Å². The van der Waals surface area contributed by atoms with E-state index in [0.717, 1.165) is 11.1 Å². The minimum absolute atomic E-state index is 0.109. The van der Waals surface area contributed by atoms with Crippen molar-refractivity contribution in [2.75, 3.05) is 0 Å². The first-order valence-corrected chi connectivity index (χ1v) is 8.88. The molecule has 5 rings (SSSR count). The zero-order valence-corrected chi connectivity index (χ0v) is 15.2. The van der Waals surface area contributed by atoms with Gasteiger partial charge in [-0.2, -0.15) is 13.2 Å². The molecule has 8 nitrogen and oxygen atoms in total. The molecule has 0 aliphatic carbocycles. The van der Waals surface area contributed by atoms with Crippen LogP contribution < -0.4 is 0 Å². The summed E-state index contributed by atoms with van der Waals surface area (Å²) < 4.78 is 40.6. The van der Waals surface area contributed by atoms with Gasteiger partial charge in [0.15, 0.2) is 5.82 Å². The van der Waals surface area contributed by atoms with E-state index in [0.29, 0.717) is 23.6 Å². The van der Waals surface area contributed by atoms with Crippen molar-refractivity contribution in [3.63, 3.8) is 0 Å². The Morgan fingerprint density at radius 3 is 2.53 bits per heavy atom. The maximum atomic E-state index is 13.0. The number of hydrogen-bond acceptors (Lipinski definition) is 5. The number of alkyl halides is 3. The summed E-state index contributed by atoms with van der Waals surface area (Å²) in [6.45, 7) is 0. The Bertz CT molecular complexity index is 1300. The molecule has 0 spiro atoms. The van der Waals surface area contributed by atoms with Crippen LogP contribution in [0.1, 0.15) is 17.0 Å². The third-order valence-electron chi connectivity index (χ3n) is 4.50. The van der Waals surface area contributed by atoms with E-state index in [1.54, 1.807) is 16.8 Å². The number of hydrogen-bond donors (Lipinski definition) is 2. The fourth-order valence-electron chi connectivity index (χ4n) is 3.20. The van der Waals surface area contributed by atoms with Gasteiger partial charge in [-0.3, -0.25) is 9.50 Å². The van der Waals surface area contributed by atoms with Gasteiger partial charge >= 0.3 is 6.18 Å². The molecule has 1 aromatic carbocycles. The Hall–Kier alpha value is -4.02. The average molecular weight is 410 g/mol. The quantitative estimate of drug-likeness (QED) is 0.472. The summed E-state index contributed by atoms with van der Waals surface area (Å²) >= 11 is 0. The van der Waals surface area contributed by atoms with E-state index < -0.39 is 12.0 Å². The highest BCUT2D eigenvalue weighted by atomic mass is 19.4. The standard InChI is InChI=1S/C19H13F3N8/c20-19(21,22)17-27-16(28-29-17)14-15(13-8-23-10-25-13)30-9-12(7-24-18(30)26-14)6-11-4-2-1-3-5-11/h1-5,7-10H,6H2,(H,23,25)(H,27,28,29). The van der Waals surface area contributed by atoms with Crippen molar-refractivity contribution in [1.29, 1.82) is 0 Å². The molecule has 0 saturated heterocycles. The van der Waals surface area contributed by atoms with E-state index in [2.05, 4.69) is 35.1 Å². The lowest BCUT2D eigenvalue weighted by molar-refractivity contribution is -0.144. The van der Waals surface area contributed by atoms with Crippen LogP contribution in [0.15, 0.2) is 55.2 Å². The number of H-pyrrole nitrogens is 2. The Morgan fingerprint density at radius 1 is 1.00 bits per heavy atom. The lowest BCUT2D eigenvalue weighted by atomic mass is 10.1. The SMILES string of the molecule is FC(F)(F)c1n[nH]c(-c2nc3ncc(Cc4ccccc4)cn3c2-c2cnc[nH]2)n1. The van der Waals surface area contributed by atoms with Crippen molar-refractivity contribution in [3.05, 3.63) is 72.2 Å². The molecule has 0 aliphatic rings. The van der Waals surface area contributed by atoms with Crippen LogP contribution in [0, 0.1) is 0 Å². The molecule has 0 unspecified atom stereocenters. The lowest BCUT2D eigenvalue weighted by Gasteiger charge is -2.05. The van der Waals surface area contributed by atoms with Crippen molar-refractivity contribution < 1.29 is 13.2 Å². The molecule has 30 heavy (non-hydrogen) atoms. The van der Waals surface area contributed by atoms with Crippen molar-refractivity contribution in [3.8, 4) is 22.9 Å². The van der Waals surface area contributed by atoms with E-state index >= 15 is 0 Å². The molecule has 4 heterocycles. The Kier molecular flexibility index (Phi) is 4.09. The van der Waals surface area contributed by atoms with Gasteiger partial charge in [0.1, 0.15) is 11.4 Å². The summed E-state index contributed by atoms with van der Waals surface area (Å²) in [7, 11) is 0. The summed E-state index contributed by atoms with van der Waals surface area (Å²) in [6.07, 6.45) is 2.54. The van der Waals surface area contributed by atoms with Gasteiger partial charge in [-0.25, -0.2) is 19.9 Å². The first-order chi connectivity index (χ1) is 14.5. The van der Waals surface area contributed by atoms with Crippen LogP contribution in [0.2, 0.25) is 0 Å². The van der Waals surface area contributed by atoms with Crippen LogP contribution in [-0.2, 0) is 12.6 Å². The number of nitrogens with zero attached hydrogens (tertiary/aromatic N) is 6. The minimum atomic E-state index is -4.66. The Balaban J connectivity index is 1.66. The molecule has 0 bridgehead atoms. The van der Waals surface area contributed by atoms with Crippen molar-refractivity contribution >= 4 is 5.78 Å². The third kappa shape index (κ3) is 3.19. The number of aromatic nitrogens is 8. The molecule has 150 valence electrons. The molecule has 2 N–H and O–H groups in total. The van der Waals surface area contributed by atoms with E-state index in [9.17, 15) is 13.2 Å². The molecule has 0 radical (unpaired) electrons. The zero-order valence-electron chi connectivity index (χ0n) is 15.2. The van der Waals surface area contributed by atoms with Crippen molar-refractivity contribution in [2.24, 2.45) is 0 Å².